The van der Waals surface area contributed by atoms with E-state index in [4.69, 9.17) is 16.9 Å². The van der Waals surface area contributed by atoms with Crippen LogP contribution in [0.25, 0.3) is 0 Å². The Morgan fingerprint density at radius 2 is 2.11 bits per heavy atom. The minimum absolute atomic E-state index is 0.165. The Kier molecular flexibility index (Phi) is 4.79. The number of nitrogens with zero attached hydrogens (tertiary/aromatic N) is 2. The number of nitrogens with one attached hydrogen (secondary N) is 2. The van der Waals surface area contributed by atoms with Gasteiger partial charge in [-0.15, -0.1) is 0 Å². The predicted octanol–water partition coefficient (Wildman–Crippen LogP) is 0.826. The molecule has 0 unspecified atom stereocenters. The fraction of sp³-hybridized carbons (Fsp3) is 0.100. The van der Waals surface area contributed by atoms with E-state index in [-0.39, 0.29) is 17.3 Å². The van der Waals surface area contributed by atoms with E-state index in [1.54, 1.807) is 6.07 Å². The van der Waals surface area contributed by atoms with Crippen molar-refractivity contribution in [3.05, 3.63) is 33.3 Å². The molecule has 0 atom stereocenters. The van der Waals surface area contributed by atoms with Gasteiger partial charge in [0.15, 0.2) is 0 Å². The van der Waals surface area contributed by atoms with Gasteiger partial charge in [-0.05, 0) is 12.1 Å². The lowest BCUT2D eigenvalue weighted by Gasteiger charge is -2.05. The molecule has 0 aliphatic carbocycles. The zero-order chi connectivity index (χ0) is 14.4. The Labute approximate surface area is 112 Å². The molecule has 2 N–H and O–H groups in total. The highest BCUT2D eigenvalue weighted by molar-refractivity contribution is 6.40. The molecule has 0 heterocycles. The van der Waals surface area contributed by atoms with Gasteiger partial charge in [0.2, 0.25) is 0 Å². The molecule has 0 saturated carbocycles. The summed E-state index contributed by atoms with van der Waals surface area (Å²) in [6, 6.07) is 5.15. The summed E-state index contributed by atoms with van der Waals surface area (Å²) in [5, 5.41) is 23.2. The molecular formula is C10H7ClN4O4. The standard InChI is InChI=1S/C10H7ClN4O4/c11-6-1-2-8(15(18)19)7(5-6)14-10(17)9(16)13-4-3-12/h1-2,5H,4H2,(H,13,16)(H,14,17). The number of hydrogen-bond acceptors (Lipinski definition) is 5. The second-order valence-electron chi connectivity index (χ2n) is 3.21. The van der Waals surface area contributed by atoms with Gasteiger partial charge >= 0.3 is 11.8 Å². The van der Waals surface area contributed by atoms with Gasteiger partial charge in [-0.25, -0.2) is 0 Å². The lowest BCUT2D eigenvalue weighted by atomic mass is 10.2. The van der Waals surface area contributed by atoms with Crippen LogP contribution in [-0.4, -0.2) is 23.3 Å². The first-order chi connectivity index (χ1) is 8.95. The molecule has 0 spiro atoms. The van der Waals surface area contributed by atoms with E-state index >= 15 is 0 Å². The van der Waals surface area contributed by atoms with Gasteiger partial charge in [0.05, 0.1) is 11.0 Å². The van der Waals surface area contributed by atoms with Crippen LogP contribution in [0.15, 0.2) is 18.2 Å². The maximum absolute atomic E-state index is 11.4. The molecule has 1 aromatic rings. The number of anilines is 1. The molecule has 1 rings (SSSR count). The summed E-state index contributed by atoms with van der Waals surface area (Å²) in [6.07, 6.45) is 0. The third-order valence-electron chi connectivity index (χ3n) is 1.94. The Morgan fingerprint density at radius 3 is 2.68 bits per heavy atom. The maximum Gasteiger partial charge on any atom is 0.313 e. The number of nitro benzene ring substituents is 1. The molecule has 0 saturated heterocycles. The highest BCUT2D eigenvalue weighted by atomic mass is 35.5. The van der Waals surface area contributed by atoms with Crippen molar-refractivity contribution in [3.63, 3.8) is 0 Å². The lowest BCUT2D eigenvalue weighted by Crippen LogP contribution is -2.35. The molecular weight excluding hydrogens is 276 g/mol. The summed E-state index contributed by atoms with van der Waals surface area (Å²) in [5.74, 6) is -2.20. The number of carbonyl (C=O) groups excluding carboxylic acids is 2. The smallest absolute Gasteiger partial charge is 0.313 e. The molecule has 0 bridgehead atoms. The Hall–Kier alpha value is -2.66. The van der Waals surface area contributed by atoms with Gasteiger partial charge in [0.1, 0.15) is 12.2 Å². The second kappa shape index (κ2) is 6.32. The van der Waals surface area contributed by atoms with Crippen LogP contribution in [0.3, 0.4) is 0 Å². The van der Waals surface area contributed by atoms with Crippen molar-refractivity contribution in [3.8, 4) is 6.07 Å². The third kappa shape index (κ3) is 3.93. The monoisotopic (exact) mass is 282 g/mol. The molecule has 0 aliphatic heterocycles. The normalized spacial score (nSPS) is 9.26. The second-order valence-corrected chi connectivity index (χ2v) is 3.65. The SMILES string of the molecule is N#CCNC(=O)C(=O)Nc1cc(Cl)ccc1[N+](=O)[O-]. The molecule has 2 amide bonds. The summed E-state index contributed by atoms with van der Waals surface area (Å²) in [6.45, 7) is -0.343. The van der Waals surface area contributed by atoms with Crippen LogP contribution < -0.4 is 10.6 Å². The van der Waals surface area contributed by atoms with Gasteiger partial charge in [0.25, 0.3) is 5.69 Å². The number of rotatable bonds is 3. The predicted molar refractivity (Wildman–Crippen MR) is 65.4 cm³/mol. The van der Waals surface area contributed by atoms with E-state index in [1.807, 2.05) is 5.32 Å². The zero-order valence-electron chi connectivity index (χ0n) is 9.34. The van der Waals surface area contributed by atoms with Crippen molar-refractivity contribution in [2.45, 2.75) is 0 Å². The first-order valence-electron chi connectivity index (χ1n) is 4.85. The van der Waals surface area contributed by atoms with Crippen molar-refractivity contribution >= 4 is 34.8 Å². The molecule has 9 heteroatoms. The number of benzene rings is 1. The zero-order valence-corrected chi connectivity index (χ0v) is 10.1. The highest BCUT2D eigenvalue weighted by Crippen LogP contribution is 2.27. The number of amides is 2. The van der Waals surface area contributed by atoms with E-state index in [0.29, 0.717) is 0 Å². The summed E-state index contributed by atoms with van der Waals surface area (Å²) in [7, 11) is 0. The molecule has 1 aromatic carbocycles. The van der Waals surface area contributed by atoms with Gasteiger partial charge in [-0.2, -0.15) is 5.26 Å². The summed E-state index contributed by atoms with van der Waals surface area (Å²) in [4.78, 5) is 32.6. The van der Waals surface area contributed by atoms with Crippen molar-refractivity contribution in [1.82, 2.24) is 5.32 Å². The number of nitro groups is 1. The van der Waals surface area contributed by atoms with E-state index in [9.17, 15) is 19.7 Å². The van der Waals surface area contributed by atoms with E-state index in [1.165, 1.54) is 6.07 Å². The van der Waals surface area contributed by atoms with Crippen molar-refractivity contribution in [2.75, 3.05) is 11.9 Å². The highest BCUT2D eigenvalue weighted by Gasteiger charge is 2.19. The molecule has 0 aliphatic rings. The quantitative estimate of drug-likeness (QED) is 0.367. The molecule has 0 aromatic heterocycles. The van der Waals surface area contributed by atoms with Gasteiger partial charge in [0, 0.05) is 11.1 Å². The van der Waals surface area contributed by atoms with Crippen LogP contribution in [0.2, 0.25) is 5.02 Å². The van der Waals surface area contributed by atoms with Crippen LogP contribution in [0, 0.1) is 21.4 Å². The first kappa shape index (κ1) is 14.4. The fourth-order valence-corrected chi connectivity index (χ4v) is 1.32. The van der Waals surface area contributed by atoms with Gasteiger partial charge < -0.3 is 10.6 Å². The first-order valence-corrected chi connectivity index (χ1v) is 5.23. The maximum atomic E-state index is 11.4. The lowest BCUT2D eigenvalue weighted by molar-refractivity contribution is -0.383. The number of halogens is 1. The average Bonchev–Trinajstić information content (AvgIpc) is 2.35. The molecule has 19 heavy (non-hydrogen) atoms. The summed E-state index contributed by atoms with van der Waals surface area (Å²) < 4.78 is 0. The topological polar surface area (TPSA) is 125 Å². The summed E-state index contributed by atoms with van der Waals surface area (Å²) in [5.41, 5.74) is -0.597. The average molecular weight is 283 g/mol. The molecule has 0 fully saturated rings. The van der Waals surface area contributed by atoms with Crippen LogP contribution in [0.1, 0.15) is 0 Å². The number of hydrogen-bond donors (Lipinski definition) is 2. The Morgan fingerprint density at radius 1 is 1.42 bits per heavy atom. The minimum atomic E-state index is -1.12. The van der Waals surface area contributed by atoms with Crippen LogP contribution in [0.5, 0.6) is 0 Å². The third-order valence-corrected chi connectivity index (χ3v) is 2.17. The van der Waals surface area contributed by atoms with Gasteiger partial charge in [-0.3, -0.25) is 19.7 Å². The molecule has 8 nitrogen and oxygen atoms in total. The van der Waals surface area contributed by atoms with Crippen LogP contribution in [-0.2, 0) is 9.59 Å². The largest absolute Gasteiger partial charge is 0.335 e. The molecule has 0 radical (unpaired) electrons. The van der Waals surface area contributed by atoms with Crippen molar-refractivity contribution < 1.29 is 14.5 Å². The minimum Gasteiger partial charge on any atom is -0.335 e. The van der Waals surface area contributed by atoms with E-state index in [2.05, 4.69) is 5.32 Å². The van der Waals surface area contributed by atoms with Crippen molar-refractivity contribution in [1.29, 1.82) is 5.26 Å². The van der Waals surface area contributed by atoms with E-state index < -0.39 is 22.4 Å². The Bertz CT molecular complexity index is 581. The summed E-state index contributed by atoms with van der Waals surface area (Å²) >= 11 is 5.65. The van der Waals surface area contributed by atoms with Crippen LogP contribution >= 0.6 is 11.6 Å². The van der Waals surface area contributed by atoms with E-state index in [0.717, 1.165) is 12.1 Å². The van der Waals surface area contributed by atoms with Crippen LogP contribution in [0.4, 0.5) is 11.4 Å². The number of carbonyl (C=O) groups is 2. The fourth-order valence-electron chi connectivity index (χ4n) is 1.15. The number of nitriles is 1. The van der Waals surface area contributed by atoms with Crippen molar-refractivity contribution in [2.24, 2.45) is 0 Å². The van der Waals surface area contributed by atoms with Gasteiger partial charge in [-0.1, -0.05) is 11.6 Å². The molecule has 98 valence electrons. The Balaban J connectivity index is 2.90.